The summed E-state index contributed by atoms with van der Waals surface area (Å²) >= 11 is 0. The van der Waals surface area contributed by atoms with Gasteiger partial charge in [0.25, 0.3) is 0 Å². The van der Waals surface area contributed by atoms with Crippen molar-refractivity contribution >= 4 is 23.1 Å². The van der Waals surface area contributed by atoms with Gasteiger partial charge in [-0.25, -0.2) is 0 Å². The second kappa shape index (κ2) is 28.6. The van der Waals surface area contributed by atoms with E-state index in [1.807, 2.05) is 48.5 Å². The highest BCUT2D eigenvalue weighted by atomic mass is 16.1. The van der Waals surface area contributed by atoms with Gasteiger partial charge in [0.05, 0.1) is 0 Å². The van der Waals surface area contributed by atoms with Crippen LogP contribution in [0.3, 0.4) is 0 Å². The summed E-state index contributed by atoms with van der Waals surface area (Å²) in [6.45, 7) is 15.4. The SMILES string of the molecule is CCC(CC1CCCCC1)C(C)=O.CCC(Cc1ccccc1)C(C)=O.CCCC(C(C)=O)C1CCCCC1.CCCC(C(C)=O)c1ccccc1. The third-order valence-corrected chi connectivity index (χ3v) is 11.4. The molecule has 0 amide bonds. The lowest BCUT2D eigenvalue weighted by Gasteiger charge is -2.28. The highest BCUT2D eigenvalue weighted by molar-refractivity contribution is 5.83. The summed E-state index contributed by atoms with van der Waals surface area (Å²) in [4.78, 5) is 45.2. The van der Waals surface area contributed by atoms with Crippen molar-refractivity contribution in [2.24, 2.45) is 29.6 Å². The molecule has 2 aliphatic carbocycles. The average Bonchev–Trinajstić information content (AvgIpc) is 3.16. The van der Waals surface area contributed by atoms with Gasteiger partial charge in [-0.2, -0.15) is 0 Å². The fourth-order valence-corrected chi connectivity index (χ4v) is 8.12. The quantitative estimate of drug-likeness (QED) is 0.173. The molecule has 2 saturated carbocycles. The summed E-state index contributed by atoms with van der Waals surface area (Å²) in [5, 5.41) is 0. The molecule has 2 fully saturated rings. The van der Waals surface area contributed by atoms with E-state index in [4.69, 9.17) is 0 Å². The molecule has 0 N–H and O–H groups in total. The number of carbonyl (C=O) groups excluding carboxylic acids is 4. The fourth-order valence-electron chi connectivity index (χ4n) is 8.12. The molecule has 292 valence electrons. The van der Waals surface area contributed by atoms with E-state index in [2.05, 4.69) is 39.8 Å². The molecule has 4 unspecified atom stereocenters. The van der Waals surface area contributed by atoms with E-state index in [1.54, 1.807) is 27.7 Å². The van der Waals surface area contributed by atoms with E-state index < -0.39 is 0 Å². The molecule has 4 atom stereocenters. The normalized spacial score (nSPS) is 16.9. The van der Waals surface area contributed by atoms with E-state index in [1.165, 1.54) is 69.8 Å². The fraction of sp³-hybridized carbons (Fsp3) is 0.667. The molecule has 0 saturated heterocycles. The Hall–Kier alpha value is -2.88. The van der Waals surface area contributed by atoms with Crippen molar-refractivity contribution in [2.45, 2.75) is 177 Å². The van der Waals surface area contributed by atoms with Gasteiger partial charge in [0, 0.05) is 23.7 Å². The summed E-state index contributed by atoms with van der Waals surface area (Å²) in [5.74, 6) is 3.98. The summed E-state index contributed by atoms with van der Waals surface area (Å²) in [6.07, 6.45) is 21.9. The summed E-state index contributed by atoms with van der Waals surface area (Å²) in [7, 11) is 0. The maximum Gasteiger partial charge on any atom is 0.137 e. The number of Topliss-reactive ketones (excluding diaryl/α,β-unsaturated/α-hetero) is 4. The lowest BCUT2D eigenvalue weighted by atomic mass is 9.76. The minimum Gasteiger partial charge on any atom is -0.300 e. The van der Waals surface area contributed by atoms with Crippen molar-refractivity contribution in [1.82, 2.24) is 0 Å². The van der Waals surface area contributed by atoms with Gasteiger partial charge in [-0.05, 0) is 102 Å². The molecule has 4 heteroatoms. The van der Waals surface area contributed by atoms with Gasteiger partial charge in [-0.1, -0.05) is 153 Å². The summed E-state index contributed by atoms with van der Waals surface area (Å²) in [5.41, 5.74) is 2.40. The van der Waals surface area contributed by atoms with Crippen molar-refractivity contribution in [3.05, 3.63) is 71.8 Å². The van der Waals surface area contributed by atoms with Gasteiger partial charge in [0.2, 0.25) is 0 Å². The van der Waals surface area contributed by atoms with E-state index in [9.17, 15) is 19.2 Å². The highest BCUT2D eigenvalue weighted by Gasteiger charge is 2.26. The third-order valence-electron chi connectivity index (χ3n) is 11.4. The summed E-state index contributed by atoms with van der Waals surface area (Å²) < 4.78 is 0. The minimum atomic E-state index is 0.103. The number of rotatable bonds is 16. The molecule has 52 heavy (non-hydrogen) atoms. The van der Waals surface area contributed by atoms with Crippen LogP contribution in [0.15, 0.2) is 60.7 Å². The van der Waals surface area contributed by atoms with Crippen molar-refractivity contribution in [3.8, 4) is 0 Å². The monoisotopic (exact) mass is 717 g/mol. The molecule has 4 nitrogen and oxygen atoms in total. The zero-order valence-electron chi connectivity index (χ0n) is 34.6. The number of hydrogen-bond donors (Lipinski definition) is 0. The third kappa shape index (κ3) is 19.8. The standard InChI is InChI=1S/C12H22O.C12H16O.C12H22O.C12H16O/c2*1-3-12(10(2)13)9-11-7-5-4-6-8-11;2*1-3-7-12(10(2)13)11-8-5-4-6-9-11/h11-12H,3-9H2,1-2H3;4-8,12H,3,9H2,1-2H3;11-12H,3-9H2,1-2H3;4-6,8-9,12H,3,7H2,1-2H3. The Morgan fingerprint density at radius 2 is 1.04 bits per heavy atom. The van der Waals surface area contributed by atoms with E-state index >= 15 is 0 Å². The predicted octanol–water partition coefficient (Wildman–Crippen LogP) is 13.1. The highest BCUT2D eigenvalue weighted by Crippen LogP contribution is 2.33. The molecule has 4 rings (SSSR count). The molecule has 0 heterocycles. The van der Waals surface area contributed by atoms with Crippen LogP contribution in [0.4, 0.5) is 0 Å². The lowest BCUT2D eigenvalue weighted by Crippen LogP contribution is -2.23. The minimum absolute atomic E-state index is 0.103. The van der Waals surface area contributed by atoms with Gasteiger partial charge in [0.15, 0.2) is 0 Å². The number of benzene rings is 2. The van der Waals surface area contributed by atoms with E-state index in [-0.39, 0.29) is 17.6 Å². The van der Waals surface area contributed by atoms with Crippen LogP contribution in [0.1, 0.15) is 182 Å². The van der Waals surface area contributed by atoms with Crippen molar-refractivity contribution in [2.75, 3.05) is 0 Å². The molecule has 2 aromatic rings. The van der Waals surface area contributed by atoms with Crippen LogP contribution < -0.4 is 0 Å². The Morgan fingerprint density at radius 3 is 1.46 bits per heavy atom. The number of hydrogen-bond acceptors (Lipinski definition) is 4. The first-order chi connectivity index (χ1) is 25.0. The average molecular weight is 717 g/mol. The van der Waals surface area contributed by atoms with Crippen LogP contribution in [0.5, 0.6) is 0 Å². The van der Waals surface area contributed by atoms with Gasteiger partial charge >= 0.3 is 0 Å². The van der Waals surface area contributed by atoms with Crippen LogP contribution >= 0.6 is 0 Å². The molecule has 0 bridgehead atoms. The largest absolute Gasteiger partial charge is 0.300 e. The van der Waals surface area contributed by atoms with Crippen LogP contribution in [-0.2, 0) is 25.6 Å². The number of ketones is 4. The Labute approximate surface area is 319 Å². The molecular formula is C48H76O4. The van der Waals surface area contributed by atoms with Crippen LogP contribution in [0.2, 0.25) is 0 Å². The molecule has 0 aromatic heterocycles. The first-order valence-corrected chi connectivity index (χ1v) is 21.1. The van der Waals surface area contributed by atoms with Crippen molar-refractivity contribution in [3.63, 3.8) is 0 Å². The Balaban J connectivity index is 0.000000347. The topological polar surface area (TPSA) is 68.3 Å². The van der Waals surface area contributed by atoms with Crippen molar-refractivity contribution in [1.29, 1.82) is 0 Å². The maximum absolute atomic E-state index is 11.4. The van der Waals surface area contributed by atoms with Crippen LogP contribution in [-0.4, -0.2) is 23.1 Å². The maximum atomic E-state index is 11.4. The van der Waals surface area contributed by atoms with Gasteiger partial charge in [-0.3, -0.25) is 19.2 Å². The van der Waals surface area contributed by atoms with Crippen LogP contribution in [0.25, 0.3) is 0 Å². The first-order valence-electron chi connectivity index (χ1n) is 21.1. The second-order valence-electron chi connectivity index (χ2n) is 15.6. The molecule has 0 radical (unpaired) electrons. The second-order valence-corrected chi connectivity index (χ2v) is 15.6. The Kier molecular flexibility index (Phi) is 25.9. The predicted molar refractivity (Wildman–Crippen MR) is 221 cm³/mol. The zero-order chi connectivity index (χ0) is 38.7. The van der Waals surface area contributed by atoms with Gasteiger partial charge in [0.1, 0.15) is 23.1 Å². The first kappa shape index (κ1) is 47.1. The van der Waals surface area contributed by atoms with Gasteiger partial charge in [-0.15, -0.1) is 0 Å². The van der Waals surface area contributed by atoms with Gasteiger partial charge < -0.3 is 0 Å². The molecule has 0 spiro atoms. The van der Waals surface area contributed by atoms with E-state index in [0.717, 1.165) is 62.8 Å². The smallest absolute Gasteiger partial charge is 0.137 e. The molecular weight excluding hydrogens is 641 g/mol. The number of carbonyl (C=O) groups is 4. The Morgan fingerprint density at radius 1 is 0.558 bits per heavy atom. The summed E-state index contributed by atoms with van der Waals surface area (Å²) in [6, 6.07) is 20.2. The van der Waals surface area contributed by atoms with Crippen LogP contribution in [0, 0.1) is 29.6 Å². The Bertz CT molecular complexity index is 1220. The molecule has 2 aliphatic rings. The molecule has 0 aliphatic heterocycles. The van der Waals surface area contributed by atoms with Crippen molar-refractivity contribution < 1.29 is 19.2 Å². The van der Waals surface area contributed by atoms with E-state index in [0.29, 0.717) is 35.1 Å². The lowest BCUT2D eigenvalue weighted by molar-refractivity contribution is -0.123. The molecule has 2 aromatic carbocycles. The zero-order valence-corrected chi connectivity index (χ0v) is 34.6.